The van der Waals surface area contributed by atoms with E-state index in [9.17, 15) is 5.11 Å². The van der Waals surface area contributed by atoms with Crippen LogP contribution in [0, 0.1) is 81.8 Å². The molecule has 0 amide bonds. The number of aliphatic hydroxyl groups excluding tert-OH is 1. The van der Waals surface area contributed by atoms with Gasteiger partial charge in [-0.05, 0) is 172 Å². The summed E-state index contributed by atoms with van der Waals surface area (Å²) in [7, 11) is 0. The molecule has 3 heteroatoms. The summed E-state index contributed by atoms with van der Waals surface area (Å²) < 4.78 is 13.3. The molecule has 8 aliphatic rings. The topological polar surface area (TPSA) is 38.7 Å². The number of rotatable bonds is 17. The lowest BCUT2D eigenvalue weighted by Crippen LogP contribution is -2.39. The van der Waals surface area contributed by atoms with E-state index < -0.39 is 0 Å². The Morgan fingerprint density at radius 1 is 0.900 bits per heavy atom. The van der Waals surface area contributed by atoms with E-state index in [1.165, 1.54) is 109 Å². The molecule has 3 nitrogen and oxygen atoms in total. The molecule has 1 heterocycles. The molecule has 0 spiro atoms. The average Bonchev–Trinajstić information content (AvgIpc) is 3.96. The fourth-order valence-electron chi connectivity index (χ4n) is 14.4. The van der Waals surface area contributed by atoms with Crippen molar-refractivity contribution in [3.63, 3.8) is 0 Å². The Balaban J connectivity index is 1.01. The van der Waals surface area contributed by atoms with Crippen molar-refractivity contribution in [2.45, 2.75) is 188 Å². The van der Waals surface area contributed by atoms with Crippen molar-refractivity contribution in [2.24, 2.45) is 81.8 Å². The van der Waals surface area contributed by atoms with Crippen LogP contribution in [-0.2, 0) is 9.47 Å². The second kappa shape index (κ2) is 15.0. The number of fused-ring (bicyclic) bond motifs is 7. The molecule has 7 aliphatic carbocycles. The Hall–Kier alpha value is -0.380. The molecule has 6 saturated carbocycles. The second-order valence-electron chi connectivity index (χ2n) is 20.5. The van der Waals surface area contributed by atoms with Crippen LogP contribution in [0.25, 0.3) is 0 Å². The highest BCUT2D eigenvalue weighted by molar-refractivity contribution is 5.21. The van der Waals surface area contributed by atoms with Crippen molar-refractivity contribution in [3.05, 3.63) is 11.6 Å². The Bertz CT molecular complexity index is 1180. The lowest BCUT2D eigenvalue weighted by atomic mass is 9.63. The number of allylic oxidation sites excluding steroid dienone is 1. The number of aliphatic hydroxyl groups is 1. The minimum absolute atomic E-state index is 0.170. The monoisotopic (exact) mass is 691 g/mol. The zero-order valence-corrected chi connectivity index (χ0v) is 33.3. The maximum Gasteiger partial charge on any atom is 0.0646 e. The summed E-state index contributed by atoms with van der Waals surface area (Å²) in [6.45, 7) is 14.1. The van der Waals surface area contributed by atoms with Gasteiger partial charge in [0.2, 0.25) is 0 Å². The minimum atomic E-state index is -0.170. The van der Waals surface area contributed by atoms with Gasteiger partial charge in [-0.25, -0.2) is 0 Å². The summed E-state index contributed by atoms with van der Waals surface area (Å²) in [5.41, 5.74) is 2.73. The predicted octanol–water partition coefficient (Wildman–Crippen LogP) is 11.8. The van der Waals surface area contributed by atoms with Gasteiger partial charge in [0.1, 0.15) is 0 Å². The fraction of sp³-hybridized carbons (Fsp3) is 0.957. The Morgan fingerprint density at radius 2 is 1.76 bits per heavy atom. The standard InChI is InChI=1S/C47H78O3/c1-6-10-11-13-31-15-17-36(49-20-7-2)26-47(9-4)28-42(47)45(31)40(32-16-18-37-38-22-34(38)29-50-43(37)23-32)24-35(48)14-12-19-46(8-3)25-33-21-39(33)44-30(5)41(44)27-46/h16,30-31,33-45,48H,6-15,17-29H2,1-5H3. The van der Waals surface area contributed by atoms with Crippen molar-refractivity contribution in [1.82, 2.24) is 0 Å². The molecule has 17 atom stereocenters. The smallest absolute Gasteiger partial charge is 0.0646 e. The van der Waals surface area contributed by atoms with Gasteiger partial charge in [0, 0.05) is 6.61 Å². The lowest BCUT2D eigenvalue weighted by molar-refractivity contribution is -0.0396. The molecule has 7 fully saturated rings. The molecule has 0 aromatic carbocycles. The van der Waals surface area contributed by atoms with Crippen molar-refractivity contribution in [2.75, 3.05) is 13.2 Å². The van der Waals surface area contributed by atoms with Gasteiger partial charge in [-0.1, -0.05) is 91.2 Å². The highest BCUT2D eigenvalue weighted by Crippen LogP contribution is 2.71. The number of hydrogen-bond donors (Lipinski definition) is 1. The first-order valence-corrected chi connectivity index (χ1v) is 22.9. The molecule has 1 N–H and O–H groups in total. The molecule has 17 unspecified atom stereocenters. The number of ether oxygens (including phenoxy) is 2. The molecule has 0 radical (unpaired) electrons. The van der Waals surface area contributed by atoms with Gasteiger partial charge >= 0.3 is 0 Å². The van der Waals surface area contributed by atoms with E-state index in [0.29, 0.717) is 29.0 Å². The van der Waals surface area contributed by atoms with Gasteiger partial charge in [-0.15, -0.1) is 0 Å². The zero-order valence-electron chi connectivity index (χ0n) is 33.3. The zero-order chi connectivity index (χ0) is 34.6. The van der Waals surface area contributed by atoms with Gasteiger partial charge in [-0.2, -0.15) is 0 Å². The molecular weight excluding hydrogens is 613 g/mol. The first-order valence-electron chi connectivity index (χ1n) is 22.9. The highest BCUT2D eigenvalue weighted by atomic mass is 16.5. The van der Waals surface area contributed by atoms with E-state index in [2.05, 4.69) is 40.7 Å². The van der Waals surface area contributed by atoms with Gasteiger partial charge in [0.15, 0.2) is 0 Å². The van der Waals surface area contributed by atoms with E-state index in [1.54, 1.807) is 5.57 Å². The largest absolute Gasteiger partial charge is 0.393 e. The first kappa shape index (κ1) is 36.6. The van der Waals surface area contributed by atoms with Crippen LogP contribution in [0.4, 0.5) is 0 Å². The molecule has 1 aliphatic heterocycles. The van der Waals surface area contributed by atoms with Gasteiger partial charge in [-0.3, -0.25) is 0 Å². The van der Waals surface area contributed by atoms with Crippen LogP contribution in [0.15, 0.2) is 11.6 Å². The Kier molecular flexibility index (Phi) is 11.0. The summed E-state index contributed by atoms with van der Waals surface area (Å²) in [4.78, 5) is 0. The quantitative estimate of drug-likeness (QED) is 0.122. The molecule has 0 bridgehead atoms. The van der Waals surface area contributed by atoms with Crippen LogP contribution < -0.4 is 0 Å². The molecule has 1 saturated heterocycles. The molecular formula is C47H78O3. The Labute approximate surface area is 308 Å². The fourth-order valence-corrected chi connectivity index (χ4v) is 14.4. The lowest BCUT2D eigenvalue weighted by Gasteiger charge is -2.44. The molecule has 50 heavy (non-hydrogen) atoms. The van der Waals surface area contributed by atoms with E-state index >= 15 is 0 Å². The predicted molar refractivity (Wildman–Crippen MR) is 206 cm³/mol. The third kappa shape index (κ3) is 7.36. The minimum Gasteiger partial charge on any atom is -0.393 e. The SMILES string of the molecule is CCCCCC1CCC(OCCC)CC2(CC)CC2C1C(CC(O)CCCC1(CC)CC2CC2C2C(C)C2C1)C1=CCC2C(C1)OCC1CC12. The van der Waals surface area contributed by atoms with E-state index in [4.69, 9.17) is 9.47 Å². The van der Waals surface area contributed by atoms with Gasteiger partial charge in [0.25, 0.3) is 0 Å². The molecule has 8 rings (SSSR count). The van der Waals surface area contributed by atoms with E-state index in [-0.39, 0.29) is 6.10 Å². The third-order valence-corrected chi connectivity index (χ3v) is 17.7. The maximum atomic E-state index is 12.2. The number of hydrogen-bond acceptors (Lipinski definition) is 3. The molecule has 0 aromatic rings. The Morgan fingerprint density at radius 3 is 2.56 bits per heavy atom. The summed E-state index contributed by atoms with van der Waals surface area (Å²) in [5, 5.41) is 12.2. The van der Waals surface area contributed by atoms with Crippen molar-refractivity contribution < 1.29 is 14.6 Å². The van der Waals surface area contributed by atoms with Crippen LogP contribution >= 0.6 is 0 Å². The van der Waals surface area contributed by atoms with Crippen LogP contribution in [0.2, 0.25) is 0 Å². The van der Waals surface area contributed by atoms with E-state index in [1.807, 2.05) is 0 Å². The molecule has 0 aromatic heterocycles. The van der Waals surface area contributed by atoms with Crippen LogP contribution in [-0.4, -0.2) is 36.6 Å². The van der Waals surface area contributed by atoms with Crippen LogP contribution in [0.1, 0.15) is 169 Å². The van der Waals surface area contributed by atoms with Gasteiger partial charge < -0.3 is 14.6 Å². The third-order valence-electron chi connectivity index (χ3n) is 17.7. The van der Waals surface area contributed by atoms with Crippen molar-refractivity contribution in [3.8, 4) is 0 Å². The summed E-state index contributed by atoms with van der Waals surface area (Å²) in [6, 6.07) is 0. The summed E-state index contributed by atoms with van der Waals surface area (Å²) in [5.74, 6) is 10.6. The van der Waals surface area contributed by atoms with Crippen molar-refractivity contribution in [1.29, 1.82) is 0 Å². The first-order chi connectivity index (χ1) is 24.3. The van der Waals surface area contributed by atoms with Crippen molar-refractivity contribution >= 4 is 0 Å². The number of unbranched alkanes of at least 4 members (excludes halogenated alkanes) is 2. The maximum absolute atomic E-state index is 12.2. The normalized spacial score (nSPS) is 48.2. The summed E-state index contributed by atoms with van der Waals surface area (Å²) >= 11 is 0. The van der Waals surface area contributed by atoms with Gasteiger partial charge in [0.05, 0.1) is 24.9 Å². The average molecular weight is 691 g/mol. The highest BCUT2D eigenvalue weighted by Gasteiger charge is 2.64. The second-order valence-corrected chi connectivity index (χ2v) is 20.5. The van der Waals surface area contributed by atoms with Crippen LogP contribution in [0.5, 0.6) is 0 Å². The van der Waals surface area contributed by atoms with E-state index in [0.717, 1.165) is 104 Å². The van der Waals surface area contributed by atoms with Crippen LogP contribution in [0.3, 0.4) is 0 Å². The molecule has 284 valence electrons. The summed E-state index contributed by atoms with van der Waals surface area (Å²) in [6.07, 6.45) is 30.8.